The van der Waals surface area contributed by atoms with E-state index < -0.39 is 0 Å². The van der Waals surface area contributed by atoms with E-state index >= 15 is 0 Å². The van der Waals surface area contributed by atoms with Crippen LogP contribution in [0.4, 0.5) is 0 Å². The number of rotatable bonds is 14. The van der Waals surface area contributed by atoms with Crippen molar-refractivity contribution < 1.29 is 9.73 Å². The zero-order valence-electron chi connectivity index (χ0n) is 16.2. The highest BCUT2D eigenvalue weighted by Crippen LogP contribution is 2.12. The fraction of sp³-hybridized carbons (Fsp3) is 0.682. The van der Waals surface area contributed by atoms with Gasteiger partial charge in [-0.25, -0.2) is 4.99 Å². The quantitative estimate of drug-likeness (QED) is 0.385. The predicted molar refractivity (Wildman–Crippen MR) is 105 cm³/mol. The van der Waals surface area contributed by atoms with Gasteiger partial charge in [-0.1, -0.05) is 65.7 Å². The molecule has 0 heterocycles. The smallest absolute Gasteiger partial charge is 0.169 e. The van der Waals surface area contributed by atoms with Crippen LogP contribution in [0, 0.1) is 5.92 Å². The third-order valence-corrected chi connectivity index (χ3v) is 4.58. The number of unbranched alkanes of at least 4 members (excludes halogenated alkanes) is 7. The molecule has 0 saturated carbocycles. The third kappa shape index (κ3) is 10.5. The summed E-state index contributed by atoms with van der Waals surface area (Å²) >= 11 is 0. The highest BCUT2D eigenvalue weighted by molar-refractivity contribution is 5.74. The van der Waals surface area contributed by atoms with Gasteiger partial charge in [0.1, 0.15) is 12.3 Å². The summed E-state index contributed by atoms with van der Waals surface area (Å²) in [6, 6.07) is 8.38. The van der Waals surface area contributed by atoms with Gasteiger partial charge >= 0.3 is 0 Å². The normalized spacial score (nSPS) is 12.6. The van der Waals surface area contributed by atoms with Crippen LogP contribution < -0.4 is 9.73 Å². The Morgan fingerprint density at radius 1 is 0.917 bits per heavy atom. The molecule has 0 fully saturated rings. The van der Waals surface area contributed by atoms with Gasteiger partial charge in [0, 0.05) is 11.5 Å². The lowest BCUT2D eigenvalue weighted by Crippen LogP contribution is -2.70. The molecule has 1 rings (SSSR count). The van der Waals surface area contributed by atoms with Gasteiger partial charge in [-0.05, 0) is 37.1 Å². The van der Waals surface area contributed by atoms with Crippen LogP contribution in [0.5, 0.6) is 5.75 Å². The van der Waals surface area contributed by atoms with Crippen molar-refractivity contribution in [3.63, 3.8) is 0 Å². The van der Waals surface area contributed by atoms with Crippen molar-refractivity contribution in [3.05, 3.63) is 29.8 Å². The topological polar surface area (TPSA) is 23.2 Å². The average molecular weight is 333 g/mol. The highest BCUT2D eigenvalue weighted by Gasteiger charge is 2.00. The standard InChI is InChI=1S/C22H37NO/c1-4-6-7-8-9-10-11-12-17-24-22-15-13-21(14-16-22)19-23-18-20(3)5-2/h13-16,19-20H,4-12,17-18H2,1-3H3/p+1. The Kier molecular flexibility index (Phi) is 12.2. The number of benzene rings is 1. The molecule has 0 aliphatic rings. The van der Waals surface area contributed by atoms with Crippen molar-refractivity contribution in [1.82, 2.24) is 0 Å². The third-order valence-electron chi connectivity index (χ3n) is 4.58. The van der Waals surface area contributed by atoms with E-state index in [1.54, 1.807) is 0 Å². The SMILES string of the molecule is CCCCCCCCCCOc1ccc(C=[NH+]CC(C)CC)cc1. The van der Waals surface area contributed by atoms with Crippen molar-refractivity contribution in [3.8, 4) is 5.75 Å². The number of hydrogen-bond acceptors (Lipinski definition) is 1. The predicted octanol–water partition coefficient (Wildman–Crippen LogP) is 4.75. The van der Waals surface area contributed by atoms with Gasteiger partial charge in [0.15, 0.2) is 6.21 Å². The Balaban J connectivity index is 2.10. The van der Waals surface area contributed by atoms with Crippen molar-refractivity contribution >= 4 is 6.21 Å². The molecule has 2 heteroatoms. The molecule has 1 aromatic carbocycles. The van der Waals surface area contributed by atoms with Crippen molar-refractivity contribution in [1.29, 1.82) is 0 Å². The summed E-state index contributed by atoms with van der Waals surface area (Å²) in [5, 5.41) is 0. The minimum Gasteiger partial charge on any atom is -0.494 e. The molecule has 1 aromatic rings. The monoisotopic (exact) mass is 332 g/mol. The van der Waals surface area contributed by atoms with E-state index in [0.717, 1.165) is 31.2 Å². The Labute approximate surface area is 149 Å². The fourth-order valence-corrected chi connectivity index (χ4v) is 2.61. The van der Waals surface area contributed by atoms with Gasteiger partial charge < -0.3 is 4.74 Å². The largest absolute Gasteiger partial charge is 0.494 e. The molecular formula is C22H38NO+. The van der Waals surface area contributed by atoms with Crippen LogP contribution in [-0.4, -0.2) is 19.4 Å². The average Bonchev–Trinajstić information content (AvgIpc) is 2.61. The van der Waals surface area contributed by atoms with E-state index in [0.29, 0.717) is 0 Å². The molecule has 0 aliphatic heterocycles. The van der Waals surface area contributed by atoms with Gasteiger partial charge in [0.05, 0.1) is 6.61 Å². The summed E-state index contributed by atoms with van der Waals surface area (Å²) in [6.07, 6.45) is 14.0. The zero-order chi connectivity index (χ0) is 17.5. The Morgan fingerprint density at radius 2 is 1.54 bits per heavy atom. The summed E-state index contributed by atoms with van der Waals surface area (Å²) in [6.45, 7) is 8.64. The summed E-state index contributed by atoms with van der Waals surface area (Å²) < 4.78 is 5.83. The van der Waals surface area contributed by atoms with E-state index in [1.807, 2.05) is 0 Å². The molecule has 0 amide bonds. The van der Waals surface area contributed by atoms with Crippen molar-refractivity contribution in [2.45, 2.75) is 78.6 Å². The fourth-order valence-electron chi connectivity index (χ4n) is 2.61. The maximum absolute atomic E-state index is 5.83. The first-order chi connectivity index (χ1) is 11.8. The maximum Gasteiger partial charge on any atom is 0.169 e. The highest BCUT2D eigenvalue weighted by atomic mass is 16.5. The Bertz CT molecular complexity index is 424. The lowest BCUT2D eigenvalue weighted by molar-refractivity contribution is -0.459. The van der Waals surface area contributed by atoms with Gasteiger partial charge in [0.2, 0.25) is 0 Å². The van der Waals surface area contributed by atoms with Crippen LogP contribution >= 0.6 is 0 Å². The molecule has 2 nitrogen and oxygen atoms in total. The first-order valence-corrected chi connectivity index (χ1v) is 10.1. The summed E-state index contributed by atoms with van der Waals surface area (Å²) in [4.78, 5) is 3.39. The molecule has 1 unspecified atom stereocenters. The molecule has 0 aliphatic carbocycles. The molecule has 1 N–H and O–H groups in total. The summed E-state index contributed by atoms with van der Waals surface area (Å²) in [5.41, 5.74) is 1.21. The maximum atomic E-state index is 5.83. The second-order valence-corrected chi connectivity index (χ2v) is 6.96. The second-order valence-electron chi connectivity index (χ2n) is 6.96. The van der Waals surface area contributed by atoms with E-state index in [4.69, 9.17) is 4.74 Å². The van der Waals surface area contributed by atoms with E-state index in [1.165, 1.54) is 56.9 Å². The lowest BCUT2D eigenvalue weighted by Gasteiger charge is -2.06. The van der Waals surface area contributed by atoms with Crippen molar-refractivity contribution in [2.75, 3.05) is 13.2 Å². The van der Waals surface area contributed by atoms with Crippen LogP contribution in [0.2, 0.25) is 0 Å². The number of nitrogens with one attached hydrogen (secondary N) is 1. The summed E-state index contributed by atoms with van der Waals surface area (Å²) in [7, 11) is 0. The molecule has 0 radical (unpaired) electrons. The summed E-state index contributed by atoms with van der Waals surface area (Å²) in [5.74, 6) is 1.70. The molecule has 136 valence electrons. The molecular weight excluding hydrogens is 294 g/mol. The van der Waals surface area contributed by atoms with E-state index in [-0.39, 0.29) is 0 Å². The lowest BCUT2D eigenvalue weighted by atomic mass is 10.1. The van der Waals surface area contributed by atoms with Crippen LogP contribution in [0.15, 0.2) is 24.3 Å². The Hall–Kier alpha value is -1.31. The number of ether oxygens (including phenoxy) is 1. The molecule has 0 aromatic heterocycles. The van der Waals surface area contributed by atoms with Crippen LogP contribution in [0.1, 0.15) is 84.1 Å². The van der Waals surface area contributed by atoms with Crippen molar-refractivity contribution in [2.24, 2.45) is 5.92 Å². The minimum atomic E-state index is 0.718. The Morgan fingerprint density at radius 3 is 2.17 bits per heavy atom. The minimum absolute atomic E-state index is 0.718. The van der Waals surface area contributed by atoms with E-state index in [9.17, 15) is 0 Å². The second kappa shape index (κ2) is 14.1. The first-order valence-electron chi connectivity index (χ1n) is 10.1. The molecule has 0 saturated heterocycles. The molecule has 24 heavy (non-hydrogen) atoms. The number of hydrogen-bond donors (Lipinski definition) is 1. The molecule has 1 atom stereocenters. The van der Waals surface area contributed by atoms with Gasteiger partial charge in [-0.3, -0.25) is 0 Å². The zero-order valence-corrected chi connectivity index (χ0v) is 16.2. The molecule has 0 bridgehead atoms. The van der Waals surface area contributed by atoms with Crippen LogP contribution in [-0.2, 0) is 0 Å². The first kappa shape index (κ1) is 20.7. The van der Waals surface area contributed by atoms with Crippen LogP contribution in [0.3, 0.4) is 0 Å². The van der Waals surface area contributed by atoms with Gasteiger partial charge in [-0.2, -0.15) is 0 Å². The van der Waals surface area contributed by atoms with Gasteiger partial charge in [0.25, 0.3) is 0 Å². The van der Waals surface area contributed by atoms with Gasteiger partial charge in [-0.15, -0.1) is 0 Å². The van der Waals surface area contributed by atoms with E-state index in [2.05, 4.69) is 56.2 Å². The molecule has 0 spiro atoms. The van der Waals surface area contributed by atoms with Crippen LogP contribution in [0.25, 0.3) is 0 Å².